The van der Waals surface area contributed by atoms with Crippen molar-refractivity contribution in [2.75, 3.05) is 4.90 Å². The predicted octanol–water partition coefficient (Wildman–Crippen LogP) is 7.02. The van der Waals surface area contributed by atoms with Gasteiger partial charge in [0.1, 0.15) is 11.8 Å². The van der Waals surface area contributed by atoms with E-state index < -0.39 is 0 Å². The summed E-state index contributed by atoms with van der Waals surface area (Å²) in [6.07, 6.45) is 8.98. The molecule has 2 fully saturated rings. The minimum atomic E-state index is -0.124. The maximum absolute atomic E-state index is 6.34. The van der Waals surface area contributed by atoms with Crippen LogP contribution >= 0.6 is 23.8 Å². The van der Waals surface area contributed by atoms with Gasteiger partial charge in [0.2, 0.25) is 0 Å². The van der Waals surface area contributed by atoms with Gasteiger partial charge >= 0.3 is 0 Å². The fourth-order valence-corrected chi connectivity index (χ4v) is 5.84. The highest BCUT2D eigenvalue weighted by Gasteiger charge is 2.42. The molecular formula is C29H27ClN4OS. The van der Waals surface area contributed by atoms with Crippen LogP contribution in [0.4, 0.5) is 5.69 Å². The minimum absolute atomic E-state index is 0.122. The van der Waals surface area contributed by atoms with Crippen molar-refractivity contribution in [2.45, 2.75) is 43.9 Å². The summed E-state index contributed by atoms with van der Waals surface area (Å²) < 4.78 is 8.38. The molecule has 1 aliphatic heterocycles. The van der Waals surface area contributed by atoms with Gasteiger partial charge in [-0.05, 0) is 105 Å². The van der Waals surface area contributed by atoms with Gasteiger partial charge in [-0.3, -0.25) is 4.98 Å². The zero-order valence-corrected chi connectivity index (χ0v) is 21.3. The van der Waals surface area contributed by atoms with Crippen molar-refractivity contribution in [3.63, 3.8) is 0 Å². The molecule has 36 heavy (non-hydrogen) atoms. The van der Waals surface area contributed by atoms with Crippen LogP contribution in [0.1, 0.15) is 49.2 Å². The summed E-state index contributed by atoms with van der Waals surface area (Å²) in [6.45, 7) is 0. The summed E-state index contributed by atoms with van der Waals surface area (Å²) in [5, 5.41) is 4.91. The fourth-order valence-electron chi connectivity index (χ4n) is 5.31. The lowest BCUT2D eigenvalue weighted by Crippen LogP contribution is -2.30. The SMILES string of the molecule is S=C1N[C@H](c2ccccn2)[C@H](c2cccn2-c2cccc(Cl)c2)N1c1ccc(OC2CCCC2)cc1. The monoisotopic (exact) mass is 514 g/mol. The van der Waals surface area contributed by atoms with Gasteiger partial charge in [0, 0.05) is 34.5 Å². The Morgan fingerprint density at radius 2 is 1.75 bits per heavy atom. The van der Waals surface area contributed by atoms with Crippen LogP contribution in [0.3, 0.4) is 0 Å². The Morgan fingerprint density at radius 3 is 2.50 bits per heavy atom. The van der Waals surface area contributed by atoms with Crippen molar-refractivity contribution >= 4 is 34.6 Å². The molecule has 6 rings (SSSR count). The molecular weight excluding hydrogens is 488 g/mol. The van der Waals surface area contributed by atoms with E-state index in [0.29, 0.717) is 16.2 Å². The third-order valence-electron chi connectivity index (χ3n) is 6.99. The first-order valence-electron chi connectivity index (χ1n) is 12.4. The molecule has 0 bridgehead atoms. The van der Waals surface area contributed by atoms with Crippen molar-refractivity contribution in [3.8, 4) is 11.4 Å². The Hall–Kier alpha value is -3.35. The van der Waals surface area contributed by atoms with Gasteiger partial charge < -0.3 is 19.5 Å². The topological polar surface area (TPSA) is 42.3 Å². The van der Waals surface area contributed by atoms with Gasteiger partial charge in [-0.1, -0.05) is 23.7 Å². The number of ether oxygens (including phenoxy) is 1. The molecule has 0 amide bonds. The molecule has 2 aromatic heterocycles. The summed E-state index contributed by atoms with van der Waals surface area (Å²) in [7, 11) is 0. The zero-order valence-electron chi connectivity index (χ0n) is 19.8. The molecule has 0 radical (unpaired) electrons. The Balaban J connectivity index is 1.40. The maximum atomic E-state index is 6.34. The van der Waals surface area contributed by atoms with Crippen LogP contribution in [0.25, 0.3) is 5.69 Å². The molecule has 1 aliphatic carbocycles. The molecule has 2 aliphatic rings. The summed E-state index contributed by atoms with van der Waals surface area (Å²) >= 11 is 12.2. The van der Waals surface area contributed by atoms with Crippen LogP contribution in [0.2, 0.25) is 5.02 Å². The molecule has 182 valence electrons. The molecule has 5 nitrogen and oxygen atoms in total. The van der Waals surface area contributed by atoms with E-state index in [2.05, 4.69) is 68.4 Å². The van der Waals surface area contributed by atoms with Crippen LogP contribution in [-0.4, -0.2) is 20.8 Å². The third-order valence-corrected chi connectivity index (χ3v) is 7.54. The molecule has 0 unspecified atom stereocenters. The average Bonchev–Trinajstić information content (AvgIpc) is 3.65. The lowest BCUT2D eigenvalue weighted by Gasteiger charge is -2.29. The lowest BCUT2D eigenvalue weighted by atomic mass is 10.0. The zero-order chi connectivity index (χ0) is 24.5. The van der Waals surface area contributed by atoms with Gasteiger partial charge in [-0.2, -0.15) is 0 Å². The number of aromatic nitrogens is 2. The molecule has 7 heteroatoms. The van der Waals surface area contributed by atoms with E-state index in [1.807, 2.05) is 42.6 Å². The van der Waals surface area contributed by atoms with Crippen LogP contribution in [-0.2, 0) is 0 Å². The number of hydrogen-bond donors (Lipinski definition) is 1. The minimum Gasteiger partial charge on any atom is -0.490 e. The van der Waals surface area contributed by atoms with Crippen LogP contribution in [0, 0.1) is 0 Å². The molecule has 0 spiro atoms. The van der Waals surface area contributed by atoms with Gasteiger partial charge in [0.05, 0.1) is 17.8 Å². The second-order valence-electron chi connectivity index (χ2n) is 9.30. The van der Waals surface area contributed by atoms with Crippen molar-refractivity contribution in [1.82, 2.24) is 14.9 Å². The molecule has 1 saturated carbocycles. The predicted molar refractivity (Wildman–Crippen MR) is 148 cm³/mol. The number of pyridine rings is 1. The number of halogens is 1. The van der Waals surface area contributed by atoms with E-state index in [1.165, 1.54) is 12.8 Å². The third kappa shape index (κ3) is 4.47. The van der Waals surface area contributed by atoms with Crippen LogP contribution in [0.5, 0.6) is 5.75 Å². The lowest BCUT2D eigenvalue weighted by molar-refractivity contribution is 0.210. The van der Waals surface area contributed by atoms with E-state index in [-0.39, 0.29) is 12.1 Å². The Bertz CT molecular complexity index is 1350. The number of rotatable bonds is 6. The number of thiocarbonyl (C=S) groups is 1. The Morgan fingerprint density at radius 1 is 0.917 bits per heavy atom. The molecule has 4 aromatic rings. The normalized spacial score (nSPS) is 20.0. The summed E-state index contributed by atoms with van der Waals surface area (Å²) in [5.41, 5.74) is 4.04. The van der Waals surface area contributed by atoms with Gasteiger partial charge in [0.25, 0.3) is 0 Å². The van der Waals surface area contributed by atoms with Crippen LogP contribution in [0.15, 0.2) is 91.3 Å². The largest absolute Gasteiger partial charge is 0.490 e. The molecule has 3 heterocycles. The first-order chi connectivity index (χ1) is 17.7. The average molecular weight is 515 g/mol. The maximum Gasteiger partial charge on any atom is 0.174 e. The number of hydrogen-bond acceptors (Lipinski definition) is 3. The molecule has 2 atom stereocenters. The summed E-state index contributed by atoms with van der Waals surface area (Å²) in [4.78, 5) is 6.86. The van der Waals surface area contributed by atoms with E-state index >= 15 is 0 Å². The second kappa shape index (κ2) is 9.96. The summed E-state index contributed by atoms with van der Waals surface area (Å²) in [5.74, 6) is 0.906. The fraction of sp³-hybridized carbons (Fsp3) is 0.241. The smallest absolute Gasteiger partial charge is 0.174 e. The Labute approximate surface area is 221 Å². The number of anilines is 1. The van der Waals surface area contributed by atoms with Gasteiger partial charge in [-0.15, -0.1) is 0 Å². The van der Waals surface area contributed by atoms with Gasteiger partial charge in [0.15, 0.2) is 5.11 Å². The highest BCUT2D eigenvalue weighted by Crippen LogP contribution is 2.42. The Kier molecular flexibility index (Phi) is 6.38. The van der Waals surface area contributed by atoms with E-state index in [1.54, 1.807) is 0 Å². The summed E-state index contributed by atoms with van der Waals surface area (Å²) in [6, 6.07) is 26.1. The standard InChI is InChI=1S/C29H27ClN4OS/c30-20-7-5-8-22(19-20)33-18-6-12-26(33)28-27(25-11-3-4-17-31-25)32-29(36)34(28)21-13-15-24(16-14-21)35-23-9-1-2-10-23/h3-8,11-19,23,27-28H,1-2,9-10H2,(H,32,36)/t27-,28+/m1/s1. The number of benzene rings is 2. The van der Waals surface area contributed by atoms with E-state index in [0.717, 1.165) is 41.4 Å². The van der Waals surface area contributed by atoms with Crippen molar-refractivity contribution in [2.24, 2.45) is 0 Å². The molecule has 2 aromatic carbocycles. The van der Waals surface area contributed by atoms with Crippen LogP contribution < -0.4 is 15.0 Å². The number of nitrogens with zero attached hydrogens (tertiary/aromatic N) is 3. The molecule has 1 N–H and O–H groups in total. The van der Waals surface area contributed by atoms with E-state index in [4.69, 9.17) is 28.6 Å². The quantitative estimate of drug-likeness (QED) is 0.280. The van der Waals surface area contributed by atoms with Crippen molar-refractivity contribution in [1.29, 1.82) is 0 Å². The second-order valence-corrected chi connectivity index (χ2v) is 10.1. The van der Waals surface area contributed by atoms with Crippen molar-refractivity contribution < 1.29 is 4.74 Å². The highest BCUT2D eigenvalue weighted by molar-refractivity contribution is 7.80. The van der Waals surface area contributed by atoms with Crippen molar-refractivity contribution in [3.05, 3.63) is 108 Å². The first-order valence-corrected chi connectivity index (χ1v) is 13.2. The number of nitrogens with one attached hydrogen (secondary N) is 1. The first kappa shape index (κ1) is 23.1. The van der Waals surface area contributed by atoms with Gasteiger partial charge in [-0.25, -0.2) is 0 Å². The van der Waals surface area contributed by atoms with E-state index in [9.17, 15) is 0 Å². The molecule has 1 saturated heterocycles. The highest BCUT2D eigenvalue weighted by atomic mass is 35.5.